The van der Waals surface area contributed by atoms with E-state index < -0.39 is 0 Å². The van der Waals surface area contributed by atoms with Crippen LogP contribution in [0.1, 0.15) is 46.5 Å². The van der Waals surface area contributed by atoms with E-state index in [0.29, 0.717) is 11.3 Å². The predicted octanol–water partition coefficient (Wildman–Crippen LogP) is 4.08. The van der Waals surface area contributed by atoms with Crippen LogP contribution in [0.3, 0.4) is 0 Å². The van der Waals surface area contributed by atoms with Crippen LogP contribution < -0.4 is 0 Å². The summed E-state index contributed by atoms with van der Waals surface area (Å²) in [5.41, 5.74) is 0. The maximum atomic E-state index is 6.34. The highest BCUT2D eigenvalue weighted by atomic mass is 35.5. The molecule has 0 aromatic carbocycles. The fourth-order valence-electron chi connectivity index (χ4n) is 2.15. The molecule has 0 aliphatic heterocycles. The summed E-state index contributed by atoms with van der Waals surface area (Å²) >= 11 is 6.34. The first kappa shape index (κ1) is 10.4. The molecule has 1 fully saturated rings. The van der Waals surface area contributed by atoms with Crippen LogP contribution in [0.5, 0.6) is 0 Å². The zero-order chi connectivity index (χ0) is 9.14. The molecule has 72 valence electrons. The summed E-state index contributed by atoms with van der Waals surface area (Å²) in [7, 11) is 0. The van der Waals surface area contributed by atoms with Gasteiger partial charge in [0, 0.05) is 5.38 Å². The summed E-state index contributed by atoms with van der Waals surface area (Å²) in [4.78, 5) is 0. The Kier molecular flexibility index (Phi) is 3.89. The molecule has 1 rings (SSSR count). The van der Waals surface area contributed by atoms with Crippen molar-refractivity contribution in [1.29, 1.82) is 0 Å². The van der Waals surface area contributed by atoms with E-state index in [2.05, 4.69) is 20.8 Å². The number of rotatable bonds is 2. The maximum Gasteiger partial charge on any atom is 0.0387 e. The Hall–Kier alpha value is 0.290. The summed E-state index contributed by atoms with van der Waals surface area (Å²) in [6.45, 7) is 6.82. The normalized spacial score (nSPS) is 33.8. The zero-order valence-corrected chi connectivity index (χ0v) is 9.27. The summed E-state index contributed by atoms with van der Waals surface area (Å²) in [5.74, 6) is 2.38. The smallest absolute Gasteiger partial charge is 0.0387 e. The standard InChI is InChI=1S/C11H21Cl/c1-8(2)11(12)10-6-4-9(3)5-7-10/h8-11H,4-7H2,1-3H3. The Morgan fingerprint density at radius 2 is 1.58 bits per heavy atom. The molecule has 1 heteroatoms. The largest absolute Gasteiger partial charge is 0.122 e. The Balaban J connectivity index is 2.34. The van der Waals surface area contributed by atoms with Crippen LogP contribution in [0.25, 0.3) is 0 Å². The molecule has 0 radical (unpaired) electrons. The van der Waals surface area contributed by atoms with Crippen LogP contribution in [0.15, 0.2) is 0 Å². The van der Waals surface area contributed by atoms with Crippen molar-refractivity contribution in [2.24, 2.45) is 17.8 Å². The fourth-order valence-corrected chi connectivity index (χ4v) is 2.40. The van der Waals surface area contributed by atoms with Crippen LogP contribution >= 0.6 is 11.6 Å². The van der Waals surface area contributed by atoms with E-state index in [-0.39, 0.29) is 0 Å². The molecular weight excluding hydrogens is 168 g/mol. The third-order valence-corrected chi connectivity index (χ3v) is 4.01. The molecule has 0 aromatic heterocycles. The molecule has 0 saturated heterocycles. The van der Waals surface area contributed by atoms with E-state index >= 15 is 0 Å². The van der Waals surface area contributed by atoms with Gasteiger partial charge >= 0.3 is 0 Å². The van der Waals surface area contributed by atoms with Crippen LogP contribution in [0.4, 0.5) is 0 Å². The van der Waals surface area contributed by atoms with Gasteiger partial charge in [-0.2, -0.15) is 0 Å². The van der Waals surface area contributed by atoms with Crippen molar-refractivity contribution in [2.75, 3.05) is 0 Å². The van der Waals surface area contributed by atoms with Crippen LogP contribution in [-0.4, -0.2) is 5.38 Å². The number of halogens is 1. The minimum atomic E-state index is 0.414. The molecule has 1 aliphatic carbocycles. The number of hydrogen-bond acceptors (Lipinski definition) is 0. The van der Waals surface area contributed by atoms with Crippen molar-refractivity contribution >= 4 is 11.6 Å². The predicted molar refractivity (Wildman–Crippen MR) is 55.6 cm³/mol. The van der Waals surface area contributed by atoms with E-state index in [0.717, 1.165) is 11.8 Å². The van der Waals surface area contributed by atoms with Crippen molar-refractivity contribution in [3.8, 4) is 0 Å². The summed E-state index contributed by atoms with van der Waals surface area (Å²) < 4.78 is 0. The van der Waals surface area contributed by atoms with Crippen LogP contribution in [-0.2, 0) is 0 Å². The Morgan fingerprint density at radius 3 is 2.00 bits per heavy atom. The Bertz CT molecular complexity index is 123. The van der Waals surface area contributed by atoms with Crippen LogP contribution in [0.2, 0.25) is 0 Å². The monoisotopic (exact) mass is 188 g/mol. The van der Waals surface area contributed by atoms with Gasteiger partial charge in [-0.1, -0.05) is 33.6 Å². The quantitative estimate of drug-likeness (QED) is 0.573. The molecule has 1 saturated carbocycles. The molecule has 0 amide bonds. The van der Waals surface area contributed by atoms with Crippen molar-refractivity contribution in [2.45, 2.75) is 51.8 Å². The van der Waals surface area contributed by atoms with Gasteiger partial charge in [-0.25, -0.2) is 0 Å². The van der Waals surface area contributed by atoms with Crippen molar-refractivity contribution in [3.05, 3.63) is 0 Å². The lowest BCUT2D eigenvalue weighted by molar-refractivity contribution is 0.261. The second-order valence-corrected chi connectivity index (χ2v) is 5.21. The highest BCUT2D eigenvalue weighted by molar-refractivity contribution is 6.20. The van der Waals surface area contributed by atoms with E-state index in [9.17, 15) is 0 Å². The summed E-state index contributed by atoms with van der Waals surface area (Å²) in [6, 6.07) is 0. The highest BCUT2D eigenvalue weighted by Crippen LogP contribution is 2.34. The highest BCUT2D eigenvalue weighted by Gasteiger charge is 2.26. The van der Waals surface area contributed by atoms with Gasteiger partial charge in [0.25, 0.3) is 0 Å². The molecule has 0 bridgehead atoms. The Morgan fingerprint density at radius 1 is 1.08 bits per heavy atom. The lowest BCUT2D eigenvalue weighted by Crippen LogP contribution is -2.24. The lowest BCUT2D eigenvalue weighted by atomic mass is 9.79. The van der Waals surface area contributed by atoms with Crippen molar-refractivity contribution in [3.63, 3.8) is 0 Å². The SMILES string of the molecule is CC1CCC(C(Cl)C(C)C)CC1. The molecule has 0 aromatic rings. The third kappa shape index (κ3) is 2.65. The van der Waals surface area contributed by atoms with Crippen molar-refractivity contribution < 1.29 is 0 Å². The van der Waals surface area contributed by atoms with Crippen LogP contribution in [0, 0.1) is 17.8 Å². The number of alkyl halides is 1. The Labute approximate surface area is 81.7 Å². The fraction of sp³-hybridized carbons (Fsp3) is 1.00. The molecule has 0 N–H and O–H groups in total. The van der Waals surface area contributed by atoms with Gasteiger partial charge in [0.1, 0.15) is 0 Å². The average molecular weight is 189 g/mol. The van der Waals surface area contributed by atoms with E-state index in [4.69, 9.17) is 11.6 Å². The number of hydrogen-bond donors (Lipinski definition) is 0. The van der Waals surface area contributed by atoms with Gasteiger partial charge in [0.05, 0.1) is 0 Å². The molecule has 1 aliphatic rings. The van der Waals surface area contributed by atoms with Gasteiger partial charge in [-0.15, -0.1) is 11.6 Å². The summed E-state index contributed by atoms with van der Waals surface area (Å²) in [5, 5.41) is 0.414. The molecule has 1 unspecified atom stereocenters. The van der Waals surface area contributed by atoms with Gasteiger partial charge in [0.2, 0.25) is 0 Å². The third-order valence-electron chi connectivity index (χ3n) is 3.15. The molecule has 12 heavy (non-hydrogen) atoms. The van der Waals surface area contributed by atoms with Gasteiger partial charge in [-0.05, 0) is 30.6 Å². The lowest BCUT2D eigenvalue weighted by Gasteiger charge is -2.31. The molecule has 1 atom stereocenters. The van der Waals surface area contributed by atoms with Gasteiger partial charge in [0.15, 0.2) is 0 Å². The van der Waals surface area contributed by atoms with Crippen molar-refractivity contribution in [1.82, 2.24) is 0 Å². The average Bonchev–Trinajstić information content (AvgIpc) is 2.04. The molecule has 0 nitrogen and oxygen atoms in total. The minimum absolute atomic E-state index is 0.414. The topological polar surface area (TPSA) is 0 Å². The second-order valence-electron chi connectivity index (χ2n) is 4.71. The molecule has 0 spiro atoms. The van der Waals surface area contributed by atoms with Gasteiger partial charge < -0.3 is 0 Å². The zero-order valence-electron chi connectivity index (χ0n) is 8.52. The summed E-state index contributed by atoms with van der Waals surface area (Å²) in [6.07, 6.45) is 5.49. The first-order valence-corrected chi connectivity index (χ1v) is 5.69. The van der Waals surface area contributed by atoms with Gasteiger partial charge in [-0.3, -0.25) is 0 Å². The van der Waals surface area contributed by atoms with E-state index in [1.807, 2.05) is 0 Å². The first-order valence-electron chi connectivity index (χ1n) is 5.25. The second kappa shape index (κ2) is 4.50. The molecular formula is C11H21Cl. The van der Waals surface area contributed by atoms with E-state index in [1.54, 1.807) is 0 Å². The van der Waals surface area contributed by atoms with E-state index in [1.165, 1.54) is 25.7 Å². The minimum Gasteiger partial charge on any atom is -0.122 e. The molecule has 0 heterocycles. The first-order chi connectivity index (χ1) is 5.61. The maximum absolute atomic E-state index is 6.34.